The molecule has 0 spiro atoms. The molecular weight excluding hydrogens is 449 g/mol. The number of carbonyl (C=O) groups excluding carboxylic acids is 2. The highest BCUT2D eigenvalue weighted by atomic mass is 32.2. The lowest BCUT2D eigenvalue weighted by Crippen LogP contribution is -2.31. The lowest BCUT2D eigenvalue weighted by atomic mass is 10.0. The van der Waals surface area contributed by atoms with Gasteiger partial charge in [0.2, 0.25) is 9.84 Å². The van der Waals surface area contributed by atoms with Gasteiger partial charge in [0.15, 0.2) is 0 Å². The smallest absolute Gasteiger partial charge is 0.270 e. The van der Waals surface area contributed by atoms with Crippen LogP contribution in [0.1, 0.15) is 44.1 Å². The molecule has 1 aliphatic rings. The van der Waals surface area contributed by atoms with Gasteiger partial charge in [-0.25, -0.2) is 12.8 Å². The predicted octanol–water partition coefficient (Wildman–Crippen LogP) is 2.69. The van der Waals surface area contributed by atoms with Gasteiger partial charge in [0, 0.05) is 13.1 Å². The van der Waals surface area contributed by atoms with Crippen molar-refractivity contribution in [3.63, 3.8) is 0 Å². The number of aromatic nitrogens is 1. The zero-order chi connectivity index (χ0) is 23.9. The molecule has 4 N–H and O–H groups in total. The molecule has 2 heterocycles. The average Bonchev–Trinajstić information content (AvgIpc) is 2.98. The number of primary amides is 1. The van der Waals surface area contributed by atoms with Gasteiger partial charge in [-0.1, -0.05) is 12.1 Å². The molecule has 0 fully saturated rings. The molecule has 33 heavy (non-hydrogen) atoms. The Morgan fingerprint density at radius 2 is 1.88 bits per heavy atom. The summed E-state index contributed by atoms with van der Waals surface area (Å²) in [7, 11) is -4.35. The number of aromatic hydroxyl groups is 1. The maximum atomic E-state index is 13.7. The number of fused-ring (bicyclic) bond motifs is 1. The number of aryl methyl sites for hydroxylation is 1. The quantitative estimate of drug-likeness (QED) is 0.538. The minimum atomic E-state index is -4.35. The number of phenols is 1. The number of phenolic OH excluding ortho intramolecular Hbond substituents is 1. The molecule has 10 heteroatoms. The third kappa shape index (κ3) is 4.09. The Labute approximate surface area is 189 Å². The summed E-state index contributed by atoms with van der Waals surface area (Å²) in [6.07, 6.45) is 1.38. The number of amides is 2. The maximum Gasteiger partial charge on any atom is 0.270 e. The number of benzene rings is 2. The Kier molecular flexibility index (Phi) is 5.71. The van der Waals surface area contributed by atoms with E-state index < -0.39 is 38.1 Å². The van der Waals surface area contributed by atoms with E-state index in [9.17, 15) is 27.5 Å². The van der Waals surface area contributed by atoms with Crippen LogP contribution in [0.4, 0.5) is 4.39 Å². The molecule has 1 aliphatic heterocycles. The average molecular weight is 472 g/mol. The van der Waals surface area contributed by atoms with Gasteiger partial charge in [-0.05, 0) is 66.8 Å². The van der Waals surface area contributed by atoms with Crippen molar-refractivity contribution < 1.29 is 27.5 Å². The molecule has 1 aromatic heterocycles. The van der Waals surface area contributed by atoms with Crippen molar-refractivity contribution in [3.05, 3.63) is 76.4 Å². The number of nitrogens with zero attached hydrogens (tertiary/aromatic N) is 1. The topological polar surface area (TPSA) is 134 Å². The first-order valence-corrected chi connectivity index (χ1v) is 11.7. The normalized spacial score (nSPS) is 13.9. The lowest BCUT2D eigenvalue weighted by molar-refractivity contribution is 0.0739. The van der Waals surface area contributed by atoms with Crippen molar-refractivity contribution in [3.8, 4) is 5.75 Å². The van der Waals surface area contributed by atoms with Gasteiger partial charge in [-0.3, -0.25) is 9.59 Å². The Bertz CT molecular complexity index is 1380. The summed E-state index contributed by atoms with van der Waals surface area (Å²) < 4.78 is 40.2. The second-order valence-corrected chi connectivity index (χ2v) is 9.82. The first-order valence-electron chi connectivity index (χ1n) is 10.2. The van der Waals surface area contributed by atoms with Crippen molar-refractivity contribution in [1.82, 2.24) is 9.88 Å². The number of rotatable bonds is 4. The summed E-state index contributed by atoms with van der Waals surface area (Å²) in [6.45, 7) is 2.00. The van der Waals surface area contributed by atoms with Crippen LogP contribution in [0.5, 0.6) is 5.75 Å². The summed E-state index contributed by atoms with van der Waals surface area (Å²) in [4.78, 5) is 28.8. The van der Waals surface area contributed by atoms with Gasteiger partial charge in [-0.15, -0.1) is 0 Å². The van der Waals surface area contributed by atoms with Crippen LogP contribution >= 0.6 is 0 Å². The predicted molar refractivity (Wildman–Crippen MR) is 117 cm³/mol. The first-order chi connectivity index (χ1) is 15.6. The number of halogens is 1. The molecule has 0 aliphatic carbocycles. The second kappa shape index (κ2) is 8.36. The van der Waals surface area contributed by atoms with Crippen LogP contribution in [0.25, 0.3) is 0 Å². The van der Waals surface area contributed by atoms with Crippen molar-refractivity contribution in [2.24, 2.45) is 5.73 Å². The third-order valence-electron chi connectivity index (χ3n) is 5.74. The van der Waals surface area contributed by atoms with Crippen LogP contribution in [0.15, 0.2) is 52.3 Å². The molecule has 2 aromatic carbocycles. The number of H-pyrrole nitrogens is 1. The largest absolute Gasteiger partial charge is 0.508 e. The highest BCUT2D eigenvalue weighted by molar-refractivity contribution is 7.91. The fraction of sp³-hybridized carbons (Fsp3) is 0.217. The number of nitrogens with one attached hydrogen (secondary N) is 1. The first kappa shape index (κ1) is 22.5. The molecule has 2 amide bonds. The monoisotopic (exact) mass is 471 g/mol. The standard InChI is InChI=1S/C23H22FN3O5S/c1-13-19(23(30)27-9-3-4-14-7-8-17(28)10-15(14)12-27)26-20(22(25)29)21(13)33(31,32)18-6-2-5-16(24)11-18/h2,5-8,10-11,26,28H,3-4,9,12H2,1H3,(H2,25,29). The number of sulfone groups is 1. The SMILES string of the molecule is Cc1c(C(=O)N2CCCc3ccc(O)cc3C2)[nH]c(C(N)=O)c1S(=O)(=O)c1cccc(F)c1. The van der Waals surface area contributed by atoms with E-state index in [-0.39, 0.29) is 28.4 Å². The zero-order valence-electron chi connectivity index (χ0n) is 17.8. The number of hydrogen-bond acceptors (Lipinski definition) is 5. The van der Waals surface area contributed by atoms with E-state index in [0.29, 0.717) is 13.0 Å². The van der Waals surface area contributed by atoms with Crippen molar-refractivity contribution in [1.29, 1.82) is 0 Å². The van der Waals surface area contributed by atoms with Crippen LogP contribution in [-0.2, 0) is 22.8 Å². The van der Waals surface area contributed by atoms with E-state index in [2.05, 4.69) is 4.98 Å². The summed E-state index contributed by atoms with van der Waals surface area (Å²) in [5.41, 5.74) is 6.73. The highest BCUT2D eigenvalue weighted by Gasteiger charge is 2.33. The Balaban J connectivity index is 1.78. The zero-order valence-corrected chi connectivity index (χ0v) is 18.6. The number of aromatic amines is 1. The molecule has 8 nitrogen and oxygen atoms in total. The van der Waals surface area contributed by atoms with Crippen LogP contribution in [-0.4, -0.2) is 41.8 Å². The van der Waals surface area contributed by atoms with Crippen molar-refractivity contribution in [2.45, 2.75) is 36.1 Å². The van der Waals surface area contributed by atoms with Crippen LogP contribution in [0.3, 0.4) is 0 Å². The van der Waals surface area contributed by atoms with E-state index in [1.165, 1.54) is 24.0 Å². The second-order valence-electron chi connectivity index (χ2n) is 7.94. The summed E-state index contributed by atoms with van der Waals surface area (Å²) in [5, 5.41) is 9.83. The minimum Gasteiger partial charge on any atom is -0.508 e. The third-order valence-corrected chi connectivity index (χ3v) is 7.66. The molecule has 0 saturated carbocycles. The van der Waals surface area contributed by atoms with Gasteiger partial charge in [0.25, 0.3) is 11.8 Å². The fourth-order valence-corrected chi connectivity index (χ4v) is 5.82. The highest BCUT2D eigenvalue weighted by Crippen LogP contribution is 2.31. The molecule has 0 saturated heterocycles. The van der Waals surface area contributed by atoms with E-state index in [1.807, 2.05) is 6.07 Å². The molecule has 3 aromatic rings. The van der Waals surface area contributed by atoms with Crippen LogP contribution in [0, 0.1) is 12.7 Å². The molecule has 0 unspecified atom stereocenters. The number of carbonyl (C=O) groups is 2. The van der Waals surface area contributed by atoms with Gasteiger partial charge in [-0.2, -0.15) is 0 Å². The van der Waals surface area contributed by atoms with Crippen molar-refractivity contribution >= 4 is 21.7 Å². The number of hydrogen-bond donors (Lipinski definition) is 3. The fourth-order valence-electron chi connectivity index (χ4n) is 4.13. The Hall–Kier alpha value is -3.66. The molecular formula is C23H22FN3O5S. The van der Waals surface area contributed by atoms with Gasteiger partial charge in [0.05, 0.1) is 4.90 Å². The van der Waals surface area contributed by atoms with Crippen LogP contribution < -0.4 is 5.73 Å². The number of nitrogens with two attached hydrogens (primary N) is 1. The Morgan fingerprint density at radius 3 is 2.58 bits per heavy atom. The molecule has 172 valence electrons. The van der Waals surface area contributed by atoms with Gasteiger partial charge >= 0.3 is 0 Å². The van der Waals surface area contributed by atoms with Gasteiger partial charge < -0.3 is 20.7 Å². The van der Waals surface area contributed by atoms with Crippen LogP contribution in [0.2, 0.25) is 0 Å². The van der Waals surface area contributed by atoms with Crippen molar-refractivity contribution in [2.75, 3.05) is 6.54 Å². The summed E-state index contributed by atoms with van der Waals surface area (Å²) in [6, 6.07) is 9.38. The molecule has 0 atom stereocenters. The minimum absolute atomic E-state index is 0.0263. The summed E-state index contributed by atoms with van der Waals surface area (Å²) >= 11 is 0. The molecule has 0 radical (unpaired) electrons. The van der Waals surface area contributed by atoms with E-state index in [0.717, 1.165) is 29.7 Å². The van der Waals surface area contributed by atoms with Gasteiger partial charge in [0.1, 0.15) is 27.9 Å². The lowest BCUT2D eigenvalue weighted by Gasteiger charge is -2.21. The van der Waals surface area contributed by atoms with E-state index >= 15 is 0 Å². The molecule has 0 bridgehead atoms. The summed E-state index contributed by atoms with van der Waals surface area (Å²) in [5.74, 6) is -2.24. The van der Waals surface area contributed by atoms with E-state index in [4.69, 9.17) is 5.73 Å². The van der Waals surface area contributed by atoms with E-state index in [1.54, 1.807) is 12.1 Å². The Morgan fingerprint density at radius 1 is 1.12 bits per heavy atom. The molecule has 4 rings (SSSR count). The maximum absolute atomic E-state index is 13.7.